The van der Waals surface area contributed by atoms with E-state index in [9.17, 15) is 0 Å². The average molecular weight is 246 g/mol. The summed E-state index contributed by atoms with van der Waals surface area (Å²) in [6, 6.07) is 8.09. The van der Waals surface area contributed by atoms with Crippen molar-refractivity contribution in [1.82, 2.24) is 4.98 Å². The number of rotatable bonds is 4. The number of benzene rings is 1. The lowest BCUT2D eigenvalue weighted by atomic mass is 10.1. The van der Waals surface area contributed by atoms with Crippen molar-refractivity contribution in [2.45, 2.75) is 6.42 Å². The maximum absolute atomic E-state index is 8.67. The minimum Gasteiger partial charge on any atom is -0.396 e. The number of hydrogen-bond acceptors (Lipinski definition) is 4. The van der Waals surface area contributed by atoms with Crippen LogP contribution in [0.5, 0.6) is 0 Å². The molecular weight excluding hydrogens is 232 g/mol. The van der Waals surface area contributed by atoms with Crippen molar-refractivity contribution in [2.24, 2.45) is 0 Å². The summed E-state index contributed by atoms with van der Waals surface area (Å²) in [5.41, 5.74) is 8.70. The zero-order valence-electron chi connectivity index (χ0n) is 9.34. The Bertz CT molecular complexity index is 502. The Labute approximate surface area is 104 Å². The lowest BCUT2D eigenvalue weighted by Crippen LogP contribution is -1.83. The first-order valence-corrected chi connectivity index (χ1v) is 6.26. The van der Waals surface area contributed by atoms with Gasteiger partial charge in [-0.15, -0.1) is 11.3 Å². The average Bonchev–Trinajstić information content (AvgIpc) is 2.77. The van der Waals surface area contributed by atoms with Crippen molar-refractivity contribution in [2.75, 3.05) is 12.3 Å². The predicted octanol–water partition coefficient (Wildman–Crippen LogP) is 2.79. The van der Waals surface area contributed by atoms with E-state index < -0.39 is 0 Å². The molecule has 3 nitrogen and oxygen atoms in total. The minimum absolute atomic E-state index is 0.187. The topological polar surface area (TPSA) is 59.1 Å². The molecule has 1 aromatic carbocycles. The summed E-state index contributed by atoms with van der Waals surface area (Å²) in [7, 11) is 0. The third-order valence-electron chi connectivity index (χ3n) is 2.33. The number of nitrogen functional groups attached to an aromatic ring is 1. The zero-order chi connectivity index (χ0) is 12.1. The van der Waals surface area contributed by atoms with E-state index in [4.69, 9.17) is 10.8 Å². The molecule has 0 aliphatic heterocycles. The van der Waals surface area contributed by atoms with Crippen LogP contribution in [-0.2, 0) is 0 Å². The first-order valence-electron chi connectivity index (χ1n) is 5.38. The van der Waals surface area contributed by atoms with Gasteiger partial charge in [0.2, 0.25) is 0 Å². The first kappa shape index (κ1) is 11.8. The molecule has 0 saturated heterocycles. The lowest BCUT2D eigenvalue weighted by Gasteiger charge is -1.97. The van der Waals surface area contributed by atoms with Gasteiger partial charge in [-0.3, -0.25) is 0 Å². The highest BCUT2D eigenvalue weighted by atomic mass is 32.1. The van der Waals surface area contributed by atoms with E-state index in [1.54, 1.807) is 0 Å². The Morgan fingerprint density at radius 2 is 2.06 bits per heavy atom. The Morgan fingerprint density at radius 1 is 1.29 bits per heavy atom. The molecule has 0 amide bonds. The maximum Gasteiger partial charge on any atom is 0.180 e. The normalized spacial score (nSPS) is 11.1. The molecule has 0 unspecified atom stereocenters. The van der Waals surface area contributed by atoms with Crippen LogP contribution < -0.4 is 5.73 Å². The number of aromatic nitrogens is 1. The van der Waals surface area contributed by atoms with E-state index >= 15 is 0 Å². The van der Waals surface area contributed by atoms with Gasteiger partial charge in [0.25, 0.3) is 0 Å². The minimum atomic E-state index is 0.187. The van der Waals surface area contributed by atoms with Crippen molar-refractivity contribution in [1.29, 1.82) is 0 Å². The molecule has 2 rings (SSSR count). The van der Waals surface area contributed by atoms with Crippen LogP contribution in [0.1, 0.15) is 12.0 Å². The van der Waals surface area contributed by atoms with Gasteiger partial charge in [-0.1, -0.05) is 36.4 Å². The zero-order valence-corrected chi connectivity index (χ0v) is 10.2. The van der Waals surface area contributed by atoms with Crippen LogP contribution in [0.4, 0.5) is 5.13 Å². The number of thiazole rings is 1. The first-order chi connectivity index (χ1) is 8.29. The monoisotopic (exact) mass is 246 g/mol. The summed E-state index contributed by atoms with van der Waals surface area (Å²) in [5.74, 6) is 0. The number of anilines is 1. The van der Waals surface area contributed by atoms with Gasteiger partial charge in [0.15, 0.2) is 5.13 Å². The van der Waals surface area contributed by atoms with Gasteiger partial charge < -0.3 is 10.8 Å². The molecule has 1 heterocycles. The molecule has 1 aromatic heterocycles. The van der Waals surface area contributed by atoms with E-state index in [1.807, 2.05) is 41.8 Å². The second kappa shape index (κ2) is 5.61. The molecule has 0 bridgehead atoms. The van der Waals surface area contributed by atoms with Crippen molar-refractivity contribution in [3.05, 3.63) is 41.3 Å². The van der Waals surface area contributed by atoms with E-state index in [0.717, 1.165) is 16.8 Å². The van der Waals surface area contributed by atoms with Crippen LogP contribution in [0.2, 0.25) is 0 Å². The molecule has 0 fully saturated rings. The Hall–Kier alpha value is -1.65. The second-order valence-electron chi connectivity index (χ2n) is 3.61. The van der Waals surface area contributed by atoms with E-state index in [0.29, 0.717) is 11.6 Å². The molecule has 17 heavy (non-hydrogen) atoms. The fourth-order valence-corrected chi connectivity index (χ4v) is 2.05. The van der Waals surface area contributed by atoms with Crippen LogP contribution in [0.25, 0.3) is 17.3 Å². The SMILES string of the molecule is Nc1nc(-c2ccc(C=CCCO)cc2)cs1. The van der Waals surface area contributed by atoms with Gasteiger partial charge >= 0.3 is 0 Å². The molecule has 0 radical (unpaired) electrons. The standard InChI is InChI=1S/C13H14N2OS/c14-13-15-12(9-17-13)11-6-4-10(5-7-11)3-1-2-8-16/h1,3-7,9,16H,2,8H2,(H2,14,15). The summed E-state index contributed by atoms with van der Waals surface area (Å²) < 4.78 is 0. The largest absolute Gasteiger partial charge is 0.396 e. The number of hydrogen-bond donors (Lipinski definition) is 2. The highest BCUT2D eigenvalue weighted by molar-refractivity contribution is 7.13. The lowest BCUT2D eigenvalue weighted by molar-refractivity contribution is 0.303. The van der Waals surface area contributed by atoms with Crippen LogP contribution >= 0.6 is 11.3 Å². The van der Waals surface area contributed by atoms with Gasteiger partial charge in [0.05, 0.1) is 5.69 Å². The van der Waals surface area contributed by atoms with Crippen LogP contribution in [0.3, 0.4) is 0 Å². The quantitative estimate of drug-likeness (QED) is 0.872. The number of aliphatic hydroxyl groups is 1. The third kappa shape index (κ3) is 3.15. The predicted molar refractivity (Wildman–Crippen MR) is 72.7 cm³/mol. The van der Waals surface area contributed by atoms with Crippen LogP contribution in [-0.4, -0.2) is 16.7 Å². The highest BCUT2D eigenvalue weighted by Gasteiger charge is 2.01. The van der Waals surface area contributed by atoms with Crippen molar-refractivity contribution in [3.8, 4) is 11.3 Å². The Balaban J connectivity index is 2.13. The molecule has 2 aromatic rings. The number of aliphatic hydroxyl groups excluding tert-OH is 1. The number of nitrogens with two attached hydrogens (primary N) is 1. The van der Waals surface area contributed by atoms with Crippen molar-refractivity contribution < 1.29 is 5.11 Å². The third-order valence-corrected chi connectivity index (χ3v) is 3.01. The van der Waals surface area contributed by atoms with Gasteiger partial charge in [0.1, 0.15) is 0 Å². The Morgan fingerprint density at radius 3 is 2.65 bits per heavy atom. The summed E-state index contributed by atoms with van der Waals surface area (Å²) in [5, 5.41) is 11.2. The second-order valence-corrected chi connectivity index (χ2v) is 4.50. The summed E-state index contributed by atoms with van der Waals surface area (Å²) >= 11 is 1.45. The molecule has 0 atom stereocenters. The van der Waals surface area contributed by atoms with Crippen molar-refractivity contribution in [3.63, 3.8) is 0 Å². The van der Waals surface area contributed by atoms with Gasteiger partial charge in [-0.25, -0.2) is 4.98 Å². The highest BCUT2D eigenvalue weighted by Crippen LogP contribution is 2.23. The van der Waals surface area contributed by atoms with E-state index in [-0.39, 0.29) is 6.61 Å². The van der Waals surface area contributed by atoms with Crippen molar-refractivity contribution >= 4 is 22.5 Å². The molecule has 3 N–H and O–H groups in total. The smallest absolute Gasteiger partial charge is 0.180 e. The summed E-state index contributed by atoms with van der Waals surface area (Å²) in [6.45, 7) is 0.187. The molecule has 88 valence electrons. The van der Waals surface area contributed by atoms with Crippen LogP contribution in [0.15, 0.2) is 35.7 Å². The van der Waals surface area contributed by atoms with Crippen LogP contribution in [0, 0.1) is 0 Å². The van der Waals surface area contributed by atoms with Gasteiger partial charge in [0, 0.05) is 17.6 Å². The van der Waals surface area contributed by atoms with Gasteiger partial charge in [-0.2, -0.15) is 0 Å². The summed E-state index contributed by atoms with van der Waals surface area (Å²) in [6.07, 6.45) is 4.63. The molecule has 0 saturated carbocycles. The molecule has 0 aliphatic rings. The molecule has 0 spiro atoms. The molecular formula is C13H14N2OS. The fourth-order valence-electron chi connectivity index (χ4n) is 1.48. The summed E-state index contributed by atoms with van der Waals surface area (Å²) in [4.78, 5) is 4.23. The van der Waals surface area contributed by atoms with E-state index in [1.165, 1.54) is 11.3 Å². The maximum atomic E-state index is 8.67. The van der Waals surface area contributed by atoms with Gasteiger partial charge in [-0.05, 0) is 12.0 Å². The van der Waals surface area contributed by atoms with E-state index in [2.05, 4.69) is 4.98 Å². The fraction of sp³-hybridized carbons (Fsp3) is 0.154. The molecule has 0 aliphatic carbocycles. The Kier molecular flexibility index (Phi) is 3.90. The molecule has 4 heteroatoms. The number of nitrogens with zero attached hydrogens (tertiary/aromatic N) is 1.